The fraction of sp³-hybridized carbons (Fsp3) is 0.143. The van der Waals surface area contributed by atoms with E-state index in [4.69, 9.17) is 5.73 Å². The predicted molar refractivity (Wildman–Crippen MR) is 55.2 cm³/mol. The van der Waals surface area contributed by atoms with Gasteiger partial charge in [0.25, 0.3) is 0 Å². The summed E-state index contributed by atoms with van der Waals surface area (Å²) in [6.07, 6.45) is 3.15. The summed E-state index contributed by atoms with van der Waals surface area (Å²) in [7, 11) is 0. The van der Waals surface area contributed by atoms with E-state index in [-0.39, 0.29) is 0 Å². The molecule has 2 rings (SSSR count). The largest absolute Gasteiger partial charge is 0.396 e. The van der Waals surface area contributed by atoms with Gasteiger partial charge in [-0.3, -0.25) is 0 Å². The van der Waals surface area contributed by atoms with Gasteiger partial charge in [-0.05, 0) is 18.7 Å². The molecular weight excluding hydrogens is 218 g/mol. The van der Waals surface area contributed by atoms with Gasteiger partial charge in [-0.25, -0.2) is 9.97 Å². The molecule has 2 aromatic rings. The molecule has 72 valence electrons. The minimum Gasteiger partial charge on any atom is -0.396 e. The van der Waals surface area contributed by atoms with E-state index >= 15 is 0 Å². The fourth-order valence-corrected chi connectivity index (χ4v) is 2.39. The number of nitrogens with zero attached hydrogens (tertiary/aromatic N) is 4. The highest BCUT2D eigenvalue weighted by Gasteiger charge is 2.04. The van der Waals surface area contributed by atoms with E-state index in [9.17, 15) is 0 Å². The molecule has 0 bridgehead atoms. The Balaban J connectivity index is 2.15. The molecule has 0 saturated heterocycles. The molecule has 0 aliphatic rings. The van der Waals surface area contributed by atoms with Crippen molar-refractivity contribution in [1.82, 2.24) is 20.2 Å². The van der Waals surface area contributed by atoms with Gasteiger partial charge < -0.3 is 5.73 Å². The van der Waals surface area contributed by atoms with Crippen LogP contribution < -0.4 is 5.73 Å². The van der Waals surface area contributed by atoms with Gasteiger partial charge in [-0.1, -0.05) is 11.3 Å². The highest BCUT2D eigenvalue weighted by atomic mass is 32.2. The van der Waals surface area contributed by atoms with Crippen molar-refractivity contribution in [2.24, 2.45) is 0 Å². The lowest BCUT2D eigenvalue weighted by Gasteiger charge is -1.94. The molecule has 0 fully saturated rings. The van der Waals surface area contributed by atoms with E-state index in [2.05, 4.69) is 20.2 Å². The maximum atomic E-state index is 5.46. The number of aryl methyl sites for hydroxylation is 1. The number of aromatic nitrogens is 4. The molecule has 0 aliphatic carbocycles. The van der Waals surface area contributed by atoms with E-state index < -0.39 is 0 Å². The quantitative estimate of drug-likeness (QED) is 0.778. The van der Waals surface area contributed by atoms with Crippen LogP contribution in [-0.2, 0) is 0 Å². The van der Waals surface area contributed by atoms with Crippen molar-refractivity contribution in [2.45, 2.75) is 16.4 Å². The zero-order valence-corrected chi connectivity index (χ0v) is 8.97. The van der Waals surface area contributed by atoms with Crippen LogP contribution in [0.25, 0.3) is 0 Å². The van der Waals surface area contributed by atoms with Crippen molar-refractivity contribution < 1.29 is 0 Å². The van der Waals surface area contributed by atoms with Crippen molar-refractivity contribution in [3.63, 3.8) is 0 Å². The third-order valence-electron chi connectivity index (χ3n) is 1.33. The lowest BCUT2D eigenvalue weighted by molar-refractivity contribution is 0.950. The summed E-state index contributed by atoms with van der Waals surface area (Å²) < 4.78 is 0.840. The average Bonchev–Trinajstić information content (AvgIpc) is 2.56. The summed E-state index contributed by atoms with van der Waals surface area (Å²) in [5.74, 6) is 0. The summed E-state index contributed by atoms with van der Waals surface area (Å²) in [4.78, 5) is 8.10. The van der Waals surface area contributed by atoms with Gasteiger partial charge in [0.05, 0.1) is 18.1 Å². The number of rotatable bonds is 2. The van der Waals surface area contributed by atoms with Crippen LogP contribution in [-0.4, -0.2) is 20.2 Å². The van der Waals surface area contributed by atoms with E-state index in [1.165, 1.54) is 23.1 Å². The molecule has 2 heterocycles. The van der Waals surface area contributed by atoms with Gasteiger partial charge in [0.1, 0.15) is 5.01 Å². The normalized spacial score (nSPS) is 10.4. The molecule has 2 aromatic heterocycles. The molecule has 14 heavy (non-hydrogen) atoms. The van der Waals surface area contributed by atoms with Gasteiger partial charge in [0, 0.05) is 0 Å². The molecular formula is C7H7N5S2. The van der Waals surface area contributed by atoms with E-state index in [0.29, 0.717) is 10.8 Å². The number of hydrogen-bond donors (Lipinski definition) is 1. The second-order valence-corrected chi connectivity index (χ2v) is 4.88. The minimum absolute atomic E-state index is 0.558. The van der Waals surface area contributed by atoms with Gasteiger partial charge in [0.2, 0.25) is 0 Å². The Morgan fingerprint density at radius 3 is 2.57 bits per heavy atom. The van der Waals surface area contributed by atoms with Crippen LogP contribution in [0.3, 0.4) is 0 Å². The lowest BCUT2D eigenvalue weighted by atomic mass is 10.6. The molecule has 5 nitrogen and oxygen atoms in total. The molecule has 0 aromatic carbocycles. The molecule has 7 heteroatoms. The van der Waals surface area contributed by atoms with E-state index in [1.807, 2.05) is 6.92 Å². The van der Waals surface area contributed by atoms with Gasteiger partial charge in [-0.15, -0.1) is 10.2 Å². The molecule has 0 atom stereocenters. The Morgan fingerprint density at radius 2 is 2.00 bits per heavy atom. The van der Waals surface area contributed by atoms with Crippen molar-refractivity contribution >= 4 is 28.8 Å². The first kappa shape index (κ1) is 9.35. The Bertz CT molecular complexity index is 424. The first-order valence-corrected chi connectivity index (χ1v) is 5.43. The zero-order valence-electron chi connectivity index (χ0n) is 7.34. The van der Waals surface area contributed by atoms with Crippen LogP contribution >= 0.6 is 23.1 Å². The number of nitrogens with two attached hydrogens (primary N) is 1. The van der Waals surface area contributed by atoms with Crippen LogP contribution in [0.1, 0.15) is 5.01 Å². The Kier molecular flexibility index (Phi) is 2.60. The van der Waals surface area contributed by atoms with Crippen molar-refractivity contribution in [3.8, 4) is 0 Å². The minimum atomic E-state index is 0.558. The molecule has 2 N–H and O–H groups in total. The second-order valence-electron chi connectivity index (χ2n) is 2.49. The van der Waals surface area contributed by atoms with Gasteiger partial charge >= 0.3 is 0 Å². The van der Waals surface area contributed by atoms with Crippen LogP contribution in [0, 0.1) is 6.92 Å². The molecule has 0 unspecified atom stereocenters. The number of hydrogen-bond acceptors (Lipinski definition) is 7. The van der Waals surface area contributed by atoms with Crippen LogP contribution in [0.4, 0.5) is 5.69 Å². The van der Waals surface area contributed by atoms with Crippen LogP contribution in [0.5, 0.6) is 0 Å². The molecule has 0 saturated carbocycles. The van der Waals surface area contributed by atoms with Gasteiger partial charge in [-0.2, -0.15) is 0 Å². The number of nitrogen functional groups attached to an aromatic ring is 1. The molecule has 0 spiro atoms. The molecule has 0 amide bonds. The Hall–Kier alpha value is -1.21. The van der Waals surface area contributed by atoms with E-state index in [1.54, 1.807) is 12.4 Å². The first-order chi connectivity index (χ1) is 6.74. The second kappa shape index (κ2) is 3.89. The van der Waals surface area contributed by atoms with Crippen molar-refractivity contribution in [3.05, 3.63) is 17.4 Å². The monoisotopic (exact) mass is 225 g/mol. The number of anilines is 1. The average molecular weight is 225 g/mol. The van der Waals surface area contributed by atoms with Crippen LogP contribution in [0.2, 0.25) is 0 Å². The fourth-order valence-electron chi connectivity index (χ4n) is 0.777. The SMILES string of the molecule is Cc1nnc(Sc2ncc(N)cn2)s1. The Labute approximate surface area is 88.8 Å². The maximum Gasteiger partial charge on any atom is 0.194 e. The third-order valence-corrected chi connectivity index (χ3v) is 3.12. The molecule has 0 radical (unpaired) electrons. The summed E-state index contributed by atoms with van der Waals surface area (Å²) in [5, 5.41) is 9.42. The first-order valence-electron chi connectivity index (χ1n) is 3.79. The zero-order chi connectivity index (χ0) is 9.97. The van der Waals surface area contributed by atoms with Crippen molar-refractivity contribution in [1.29, 1.82) is 0 Å². The summed E-state index contributed by atoms with van der Waals surface area (Å²) in [5.41, 5.74) is 6.02. The summed E-state index contributed by atoms with van der Waals surface area (Å²) >= 11 is 2.90. The van der Waals surface area contributed by atoms with Crippen molar-refractivity contribution in [2.75, 3.05) is 5.73 Å². The van der Waals surface area contributed by atoms with Crippen LogP contribution in [0.15, 0.2) is 21.9 Å². The third kappa shape index (κ3) is 2.18. The predicted octanol–water partition coefficient (Wildman–Crippen LogP) is 1.37. The maximum absolute atomic E-state index is 5.46. The lowest BCUT2D eigenvalue weighted by Crippen LogP contribution is -1.90. The van der Waals surface area contributed by atoms with E-state index in [0.717, 1.165) is 9.35 Å². The summed E-state index contributed by atoms with van der Waals surface area (Å²) in [6.45, 7) is 1.91. The van der Waals surface area contributed by atoms with Gasteiger partial charge in [0.15, 0.2) is 9.50 Å². The Morgan fingerprint density at radius 1 is 1.29 bits per heavy atom. The summed E-state index contributed by atoms with van der Waals surface area (Å²) in [6, 6.07) is 0. The smallest absolute Gasteiger partial charge is 0.194 e. The standard InChI is InChI=1S/C7H7N5S2/c1-4-11-12-7(13-4)14-6-9-2-5(8)3-10-6/h2-3H,8H2,1H3. The topological polar surface area (TPSA) is 77.6 Å². The molecule has 0 aliphatic heterocycles. The highest BCUT2D eigenvalue weighted by Crippen LogP contribution is 2.26. The highest BCUT2D eigenvalue weighted by molar-refractivity contribution is 8.00.